The molecule has 0 saturated heterocycles. The van der Waals surface area contributed by atoms with Crippen molar-refractivity contribution in [1.82, 2.24) is 0 Å². The lowest BCUT2D eigenvalue weighted by molar-refractivity contribution is -0.169. The summed E-state index contributed by atoms with van der Waals surface area (Å²) in [7, 11) is 0. The SMILES string of the molecule is C=C(C(=O)OC(O)COCC)c1ccccc1C(=O)c1ccccc1. The number of ketones is 1. The van der Waals surface area contributed by atoms with Crippen molar-refractivity contribution in [2.24, 2.45) is 0 Å². The van der Waals surface area contributed by atoms with Gasteiger partial charge in [0.15, 0.2) is 5.78 Å². The summed E-state index contributed by atoms with van der Waals surface area (Å²) < 4.78 is 9.88. The molecule has 0 amide bonds. The predicted octanol–water partition coefficient (Wildman–Crippen LogP) is 2.83. The Balaban J connectivity index is 2.21. The number of carbonyl (C=O) groups is 2. The van der Waals surface area contributed by atoms with Crippen molar-refractivity contribution in [1.29, 1.82) is 0 Å². The number of ether oxygens (including phenoxy) is 2. The Morgan fingerprint density at radius 2 is 1.64 bits per heavy atom. The van der Waals surface area contributed by atoms with E-state index in [2.05, 4.69) is 6.58 Å². The molecule has 1 N–H and O–H groups in total. The zero-order valence-electron chi connectivity index (χ0n) is 14.0. The predicted molar refractivity (Wildman–Crippen MR) is 93.9 cm³/mol. The van der Waals surface area contributed by atoms with Gasteiger partial charge in [0.05, 0.1) is 5.57 Å². The van der Waals surface area contributed by atoms with E-state index < -0.39 is 12.3 Å². The molecule has 2 aromatic rings. The molecule has 5 nitrogen and oxygen atoms in total. The van der Waals surface area contributed by atoms with E-state index in [9.17, 15) is 14.7 Å². The number of rotatable bonds is 8. The van der Waals surface area contributed by atoms with Gasteiger partial charge in [0.2, 0.25) is 6.29 Å². The number of hydrogen-bond donors (Lipinski definition) is 1. The third-order valence-electron chi connectivity index (χ3n) is 3.49. The number of hydrogen-bond acceptors (Lipinski definition) is 5. The summed E-state index contributed by atoms with van der Waals surface area (Å²) in [5, 5.41) is 9.63. The van der Waals surface area contributed by atoms with Crippen molar-refractivity contribution in [3.8, 4) is 0 Å². The van der Waals surface area contributed by atoms with E-state index in [1.807, 2.05) is 6.07 Å². The van der Waals surface area contributed by atoms with Crippen molar-refractivity contribution in [3.05, 3.63) is 77.9 Å². The summed E-state index contributed by atoms with van der Waals surface area (Å²) in [6.07, 6.45) is -1.39. The summed E-state index contributed by atoms with van der Waals surface area (Å²) in [6, 6.07) is 15.4. The summed E-state index contributed by atoms with van der Waals surface area (Å²) in [5.41, 5.74) is 1.21. The van der Waals surface area contributed by atoms with Crippen LogP contribution < -0.4 is 0 Å². The molecule has 0 radical (unpaired) electrons. The van der Waals surface area contributed by atoms with Crippen LogP contribution in [0.15, 0.2) is 61.2 Å². The Labute approximate surface area is 146 Å². The first-order valence-electron chi connectivity index (χ1n) is 7.89. The van der Waals surface area contributed by atoms with Crippen LogP contribution >= 0.6 is 0 Å². The summed E-state index contributed by atoms with van der Waals surface area (Å²) in [6.45, 7) is 5.75. The normalized spacial score (nSPS) is 11.6. The molecule has 0 saturated carbocycles. The van der Waals surface area contributed by atoms with Gasteiger partial charge in [-0.2, -0.15) is 0 Å². The Bertz CT molecular complexity index is 752. The lowest BCUT2D eigenvalue weighted by Gasteiger charge is -2.14. The highest BCUT2D eigenvalue weighted by atomic mass is 16.7. The van der Waals surface area contributed by atoms with Crippen molar-refractivity contribution >= 4 is 17.3 Å². The standard InChI is InChI=1S/C20H20O5/c1-3-24-13-18(21)25-20(23)14(2)16-11-7-8-12-17(16)19(22)15-9-5-4-6-10-15/h4-12,18,21H,2-3,13H2,1H3. The number of aliphatic hydroxyl groups is 1. The maximum atomic E-state index is 12.7. The quantitative estimate of drug-likeness (QED) is 0.346. The van der Waals surface area contributed by atoms with Gasteiger partial charge in [-0.25, -0.2) is 4.79 Å². The minimum absolute atomic E-state index is 0.00423. The Morgan fingerprint density at radius 3 is 2.28 bits per heavy atom. The van der Waals surface area contributed by atoms with Crippen LogP contribution in [0.4, 0.5) is 0 Å². The molecule has 0 aliphatic carbocycles. The Hall–Kier alpha value is -2.76. The highest BCUT2D eigenvalue weighted by Gasteiger charge is 2.21. The van der Waals surface area contributed by atoms with E-state index in [4.69, 9.17) is 9.47 Å². The van der Waals surface area contributed by atoms with Crippen molar-refractivity contribution in [3.63, 3.8) is 0 Å². The first-order chi connectivity index (χ1) is 12.0. The first kappa shape index (κ1) is 18.6. The molecular formula is C20H20O5. The summed E-state index contributed by atoms with van der Waals surface area (Å²) >= 11 is 0. The average Bonchev–Trinajstić information content (AvgIpc) is 2.65. The van der Waals surface area contributed by atoms with Gasteiger partial charge in [-0.05, 0) is 12.5 Å². The third-order valence-corrected chi connectivity index (χ3v) is 3.49. The third kappa shape index (κ3) is 4.86. The topological polar surface area (TPSA) is 72.8 Å². The number of aliphatic hydroxyl groups excluding tert-OH is 1. The Kier molecular flexibility index (Phi) is 6.62. The second-order valence-electron chi connectivity index (χ2n) is 5.24. The molecule has 2 aromatic carbocycles. The number of carbonyl (C=O) groups excluding carboxylic acids is 2. The zero-order chi connectivity index (χ0) is 18.2. The molecule has 1 atom stereocenters. The second-order valence-corrected chi connectivity index (χ2v) is 5.24. The van der Waals surface area contributed by atoms with Gasteiger partial charge in [-0.3, -0.25) is 4.79 Å². The molecule has 0 aliphatic rings. The van der Waals surface area contributed by atoms with Crippen molar-refractivity contribution in [2.45, 2.75) is 13.2 Å². The average molecular weight is 340 g/mol. The lowest BCUT2D eigenvalue weighted by Crippen LogP contribution is -2.23. The van der Waals surface area contributed by atoms with Gasteiger partial charge < -0.3 is 14.6 Å². The minimum atomic E-state index is -1.39. The van der Waals surface area contributed by atoms with Crippen LogP contribution in [0, 0.1) is 0 Å². The molecule has 2 rings (SSSR count). The van der Waals surface area contributed by atoms with Crippen LogP contribution in [-0.4, -0.2) is 36.4 Å². The van der Waals surface area contributed by atoms with Crippen LogP contribution in [0.5, 0.6) is 0 Å². The highest BCUT2D eigenvalue weighted by Crippen LogP contribution is 2.22. The van der Waals surface area contributed by atoms with Gasteiger partial charge in [-0.15, -0.1) is 0 Å². The first-order valence-corrected chi connectivity index (χ1v) is 7.89. The van der Waals surface area contributed by atoms with E-state index >= 15 is 0 Å². The molecule has 0 spiro atoms. The maximum absolute atomic E-state index is 12.7. The zero-order valence-corrected chi connectivity index (χ0v) is 14.0. The molecule has 5 heteroatoms. The second kappa shape index (κ2) is 8.92. The van der Waals surface area contributed by atoms with Gasteiger partial charge in [0.25, 0.3) is 0 Å². The van der Waals surface area contributed by atoms with E-state index in [1.54, 1.807) is 55.5 Å². The maximum Gasteiger partial charge on any atom is 0.340 e. The van der Waals surface area contributed by atoms with Crippen LogP contribution in [0.25, 0.3) is 5.57 Å². The molecule has 0 aromatic heterocycles. The fourth-order valence-corrected chi connectivity index (χ4v) is 2.25. The van der Waals surface area contributed by atoms with E-state index in [-0.39, 0.29) is 18.0 Å². The van der Waals surface area contributed by atoms with Gasteiger partial charge in [0.1, 0.15) is 6.61 Å². The molecule has 0 fully saturated rings. The molecule has 25 heavy (non-hydrogen) atoms. The molecule has 0 aliphatic heterocycles. The van der Waals surface area contributed by atoms with E-state index in [0.29, 0.717) is 23.3 Å². The fraction of sp³-hybridized carbons (Fsp3) is 0.200. The Morgan fingerprint density at radius 1 is 1.04 bits per heavy atom. The van der Waals surface area contributed by atoms with Crippen LogP contribution in [0.1, 0.15) is 28.4 Å². The molecule has 1 unspecified atom stereocenters. The molecule has 130 valence electrons. The fourth-order valence-electron chi connectivity index (χ4n) is 2.25. The number of esters is 1. The molecular weight excluding hydrogens is 320 g/mol. The van der Waals surface area contributed by atoms with Crippen molar-refractivity contribution < 1.29 is 24.2 Å². The van der Waals surface area contributed by atoms with Crippen molar-refractivity contribution in [2.75, 3.05) is 13.2 Å². The summed E-state index contributed by atoms with van der Waals surface area (Å²) in [4.78, 5) is 24.9. The van der Waals surface area contributed by atoms with Crippen LogP contribution in [0.2, 0.25) is 0 Å². The minimum Gasteiger partial charge on any atom is -0.430 e. The van der Waals surface area contributed by atoms with Crippen LogP contribution in [0.3, 0.4) is 0 Å². The number of benzene rings is 2. The van der Waals surface area contributed by atoms with E-state index in [1.165, 1.54) is 0 Å². The van der Waals surface area contributed by atoms with Gasteiger partial charge in [0, 0.05) is 17.7 Å². The monoisotopic (exact) mass is 340 g/mol. The van der Waals surface area contributed by atoms with Gasteiger partial charge in [-0.1, -0.05) is 61.2 Å². The smallest absolute Gasteiger partial charge is 0.340 e. The molecule has 0 bridgehead atoms. The van der Waals surface area contributed by atoms with Gasteiger partial charge >= 0.3 is 5.97 Å². The lowest BCUT2D eigenvalue weighted by atomic mass is 9.94. The summed E-state index contributed by atoms with van der Waals surface area (Å²) in [5.74, 6) is -1.03. The largest absolute Gasteiger partial charge is 0.430 e. The molecule has 0 heterocycles. The van der Waals surface area contributed by atoms with E-state index in [0.717, 1.165) is 0 Å². The van der Waals surface area contributed by atoms with Crippen LogP contribution in [-0.2, 0) is 14.3 Å². The highest BCUT2D eigenvalue weighted by molar-refractivity contribution is 6.21.